The quantitative estimate of drug-likeness (QED) is 0.239. The molecule has 3 aromatic rings. The largest absolute Gasteiger partial charge is 0.455 e. The number of fused-ring (bicyclic) bond motifs is 4. The van der Waals surface area contributed by atoms with Crippen molar-refractivity contribution in [1.82, 2.24) is 4.58 Å². The summed E-state index contributed by atoms with van der Waals surface area (Å²) in [6, 6.07) is 9.53. The van der Waals surface area contributed by atoms with Crippen LogP contribution in [0.15, 0.2) is 36.4 Å². The van der Waals surface area contributed by atoms with Crippen LogP contribution < -0.4 is 24.8 Å². The Morgan fingerprint density at radius 3 is 2.40 bits per heavy atom. The Kier molecular flexibility index (Phi) is 4.93. The Balaban J connectivity index is 1.54. The third-order valence-electron chi connectivity index (χ3n) is 9.96. The molecule has 0 radical (unpaired) electrons. The van der Waals surface area contributed by atoms with Crippen molar-refractivity contribution in [2.24, 2.45) is 0 Å². The maximum absolute atomic E-state index is 7.28. The van der Waals surface area contributed by atoms with Crippen LogP contribution in [0.25, 0.3) is 16.7 Å². The second kappa shape index (κ2) is 8.00. The molecule has 0 N–H and O–H groups in total. The van der Waals surface area contributed by atoms with E-state index in [0.717, 1.165) is 50.3 Å². The Morgan fingerprint density at radius 1 is 0.850 bits per heavy atom. The third kappa shape index (κ3) is 3.20. The minimum absolute atomic E-state index is 0.00544. The van der Waals surface area contributed by atoms with Crippen LogP contribution in [-0.4, -0.2) is 24.2 Å². The highest BCUT2D eigenvalue weighted by molar-refractivity contribution is 7.13. The first kappa shape index (κ1) is 24.7. The third-order valence-corrected chi connectivity index (χ3v) is 11.0. The lowest BCUT2D eigenvalue weighted by atomic mass is 9.80. The minimum Gasteiger partial charge on any atom is -0.455 e. The average Bonchev–Trinajstić information content (AvgIpc) is 3.33. The summed E-state index contributed by atoms with van der Waals surface area (Å²) in [6.07, 6.45) is 9.39. The lowest BCUT2D eigenvalue weighted by molar-refractivity contribution is 0.362. The summed E-state index contributed by atoms with van der Waals surface area (Å²) in [6.45, 7) is 18.5. The molecule has 0 saturated heterocycles. The zero-order valence-electron chi connectivity index (χ0n) is 24.9. The first-order valence-corrected chi connectivity index (χ1v) is 15.8. The summed E-state index contributed by atoms with van der Waals surface area (Å²) < 4.78 is 9.91. The van der Waals surface area contributed by atoms with Crippen LogP contribution in [-0.2, 0) is 12.8 Å². The van der Waals surface area contributed by atoms with Crippen molar-refractivity contribution >= 4 is 33.7 Å². The van der Waals surface area contributed by atoms with Crippen molar-refractivity contribution in [3.05, 3.63) is 84.6 Å². The molecule has 5 aliphatic heterocycles. The van der Waals surface area contributed by atoms with Crippen LogP contribution in [0.1, 0.15) is 92.0 Å². The molecule has 3 nitrogen and oxygen atoms in total. The molecule has 0 bridgehead atoms. The molecule has 0 unspecified atom stereocenters. The number of thiophene rings is 1. The van der Waals surface area contributed by atoms with Crippen LogP contribution in [0.4, 0.5) is 5.69 Å². The molecule has 5 aliphatic rings. The number of hydrogen-bond donors (Lipinski definition) is 0. The summed E-state index contributed by atoms with van der Waals surface area (Å²) >= 11 is 1.91. The second-order valence-corrected chi connectivity index (χ2v) is 14.9. The van der Waals surface area contributed by atoms with Gasteiger partial charge in [0.15, 0.2) is 5.54 Å². The first-order valence-electron chi connectivity index (χ1n) is 15.0. The number of allylic oxidation sites excluding steroid dienone is 2. The second-order valence-electron chi connectivity index (χ2n) is 13.6. The van der Waals surface area contributed by atoms with E-state index < -0.39 is 0 Å². The van der Waals surface area contributed by atoms with Crippen LogP contribution in [0.2, 0.25) is 0 Å². The van der Waals surface area contributed by atoms with E-state index in [-0.39, 0.29) is 11.1 Å². The van der Waals surface area contributed by atoms with Crippen LogP contribution in [0.3, 0.4) is 0 Å². The van der Waals surface area contributed by atoms with Gasteiger partial charge in [0, 0.05) is 69.6 Å². The fourth-order valence-corrected chi connectivity index (χ4v) is 9.31. The van der Waals surface area contributed by atoms with Crippen molar-refractivity contribution < 1.29 is 4.74 Å². The summed E-state index contributed by atoms with van der Waals surface area (Å²) in [5.74, 6) is 2.22. The van der Waals surface area contributed by atoms with Crippen molar-refractivity contribution in [2.45, 2.75) is 85.2 Å². The van der Waals surface area contributed by atoms with E-state index in [1.165, 1.54) is 70.6 Å². The lowest BCUT2D eigenvalue weighted by Crippen LogP contribution is -2.53. The molecule has 8 rings (SSSR count). The smallest absolute Gasteiger partial charge is 0.215 e. The molecule has 0 fully saturated rings. The lowest BCUT2D eigenvalue weighted by Gasteiger charge is -2.47. The van der Waals surface area contributed by atoms with Crippen LogP contribution in [0, 0.1) is 6.92 Å². The molecule has 0 spiro atoms. The number of nitrogens with zero attached hydrogens (tertiary/aromatic N) is 2. The van der Waals surface area contributed by atoms with Gasteiger partial charge in [-0.15, -0.1) is 11.3 Å². The predicted molar refractivity (Wildman–Crippen MR) is 168 cm³/mol. The van der Waals surface area contributed by atoms with Gasteiger partial charge in [-0.3, -0.25) is 0 Å². The number of aryl methyl sites for hydroxylation is 1. The van der Waals surface area contributed by atoms with Gasteiger partial charge in [0.2, 0.25) is 5.36 Å². The monoisotopic (exact) mass is 547 g/mol. The summed E-state index contributed by atoms with van der Waals surface area (Å²) in [5.41, 5.74) is 12.4. The highest BCUT2D eigenvalue weighted by Crippen LogP contribution is 2.52. The SMILES string of the molecule is CC1=CC(C)(C)N2CCCc3c4c(cc1c32)C(c1ccc(C)s1)=c1cc2c3c(c1O4)CCC[N+]=3C(C)(C)C=C2C. The predicted octanol–water partition coefficient (Wildman–Crippen LogP) is 6.99. The van der Waals surface area contributed by atoms with Crippen molar-refractivity contribution in [2.75, 3.05) is 18.0 Å². The van der Waals surface area contributed by atoms with Gasteiger partial charge in [-0.05, 0) is 95.4 Å². The standard InChI is InChI=1S/C36H39N2OS/c1-20-18-35(4,5)37-14-8-10-23-31(37)25(20)16-27-30(29-13-12-22(3)40-29)28-17-26-21(2)19-36(6,7)38-15-9-11-24(32(26)38)34(28)39-33(23)27/h12-13,16-19H,8-11,14-15H2,1-7H3/q+1. The van der Waals surface area contributed by atoms with Gasteiger partial charge < -0.3 is 9.64 Å². The molecule has 4 heteroatoms. The fourth-order valence-electron chi connectivity index (χ4n) is 8.36. The van der Waals surface area contributed by atoms with Crippen molar-refractivity contribution in [1.29, 1.82) is 0 Å². The van der Waals surface area contributed by atoms with Gasteiger partial charge >= 0.3 is 0 Å². The summed E-state index contributed by atoms with van der Waals surface area (Å²) in [5, 5.41) is 2.68. The number of rotatable bonds is 1. The molecule has 40 heavy (non-hydrogen) atoms. The number of anilines is 1. The molecule has 6 heterocycles. The van der Waals surface area contributed by atoms with Gasteiger partial charge in [0.1, 0.15) is 18.0 Å². The Hall–Kier alpha value is -3.11. The highest BCUT2D eigenvalue weighted by atomic mass is 32.1. The molecule has 0 saturated carbocycles. The maximum Gasteiger partial charge on any atom is 0.215 e. The fraction of sp³-hybridized carbons (Fsp3) is 0.417. The van der Waals surface area contributed by atoms with Gasteiger partial charge in [-0.25, -0.2) is 4.58 Å². The molecular weight excluding hydrogens is 508 g/mol. The van der Waals surface area contributed by atoms with Crippen LogP contribution >= 0.6 is 11.3 Å². The number of hydrogen-bond acceptors (Lipinski definition) is 3. The average molecular weight is 548 g/mol. The Labute approximate surface area is 241 Å². The number of ether oxygens (including phenoxy) is 1. The van der Waals surface area contributed by atoms with Crippen molar-refractivity contribution in [3.63, 3.8) is 0 Å². The van der Waals surface area contributed by atoms with E-state index in [1.54, 1.807) is 0 Å². The molecule has 204 valence electrons. The zero-order valence-corrected chi connectivity index (χ0v) is 25.7. The highest BCUT2D eigenvalue weighted by Gasteiger charge is 2.41. The molecule has 0 aliphatic carbocycles. The van der Waals surface area contributed by atoms with E-state index in [2.05, 4.69) is 94.4 Å². The van der Waals surface area contributed by atoms with E-state index in [0.29, 0.717) is 0 Å². The minimum atomic E-state index is 0.00544. The van der Waals surface area contributed by atoms with Crippen LogP contribution in [0.5, 0.6) is 11.5 Å². The summed E-state index contributed by atoms with van der Waals surface area (Å²) in [4.78, 5) is 5.33. The van der Waals surface area contributed by atoms with E-state index >= 15 is 0 Å². The van der Waals surface area contributed by atoms with Gasteiger partial charge in [-0.2, -0.15) is 0 Å². The zero-order chi connectivity index (χ0) is 27.7. The number of benzene rings is 2. The molecule has 0 atom stereocenters. The van der Waals surface area contributed by atoms with E-state index in [4.69, 9.17) is 4.74 Å². The van der Waals surface area contributed by atoms with Gasteiger partial charge in [0.25, 0.3) is 0 Å². The molecule has 2 aromatic carbocycles. The topological polar surface area (TPSA) is 15.5 Å². The van der Waals surface area contributed by atoms with Crippen molar-refractivity contribution in [3.8, 4) is 11.5 Å². The first-order chi connectivity index (χ1) is 19.0. The van der Waals surface area contributed by atoms with E-state index in [9.17, 15) is 0 Å². The summed E-state index contributed by atoms with van der Waals surface area (Å²) in [7, 11) is 0. The molecule has 1 aromatic heterocycles. The molecular formula is C36H39N2OS+. The molecule has 0 amide bonds. The van der Waals surface area contributed by atoms with Gasteiger partial charge in [0.05, 0.1) is 16.8 Å². The van der Waals surface area contributed by atoms with E-state index in [1.807, 2.05) is 11.3 Å². The maximum atomic E-state index is 7.28. The normalized spacial score (nSPS) is 21.0. The Bertz CT molecular complexity index is 1860. The Morgan fingerprint density at radius 2 is 1.62 bits per heavy atom. The van der Waals surface area contributed by atoms with Gasteiger partial charge in [-0.1, -0.05) is 6.08 Å².